The Balaban J connectivity index is 1.38. The second-order valence-corrected chi connectivity index (χ2v) is 7.68. The largest absolute Gasteiger partial charge is 0.343 e. The first-order valence-corrected chi connectivity index (χ1v) is 10.3. The van der Waals surface area contributed by atoms with Crippen LogP contribution in [0.2, 0.25) is 5.02 Å². The van der Waals surface area contributed by atoms with Gasteiger partial charge in [0.15, 0.2) is 0 Å². The van der Waals surface area contributed by atoms with Gasteiger partial charge in [-0.3, -0.25) is 14.2 Å². The molecule has 154 valence electrons. The molecule has 2 heterocycles. The van der Waals surface area contributed by atoms with E-state index in [-0.39, 0.29) is 11.8 Å². The lowest BCUT2D eigenvalue weighted by Crippen LogP contribution is -2.27. The number of aryl methyl sites for hydroxylation is 1. The fourth-order valence-corrected chi connectivity index (χ4v) is 3.71. The van der Waals surface area contributed by atoms with Gasteiger partial charge in [-0.25, -0.2) is 0 Å². The highest BCUT2D eigenvalue weighted by Crippen LogP contribution is 2.22. The van der Waals surface area contributed by atoms with Crippen LogP contribution in [0.1, 0.15) is 35.2 Å². The molecule has 4 rings (SSSR count). The highest BCUT2D eigenvalue weighted by atomic mass is 35.5. The zero-order valence-electron chi connectivity index (χ0n) is 16.4. The number of hydrogen-bond donors (Lipinski definition) is 1. The van der Waals surface area contributed by atoms with Gasteiger partial charge in [-0.1, -0.05) is 23.7 Å². The topological polar surface area (TPSA) is 80.1 Å². The minimum Gasteiger partial charge on any atom is -0.343 e. The maximum absolute atomic E-state index is 12.7. The van der Waals surface area contributed by atoms with E-state index in [1.54, 1.807) is 35.4 Å². The molecule has 2 amide bonds. The smallest absolute Gasteiger partial charge is 0.257 e. The number of aromatic nitrogens is 3. The Kier molecular flexibility index (Phi) is 6.09. The molecule has 7 nitrogen and oxygen atoms in total. The van der Waals surface area contributed by atoms with E-state index < -0.39 is 0 Å². The molecule has 1 saturated heterocycles. The summed E-state index contributed by atoms with van der Waals surface area (Å²) in [5.74, 6) is -0.0839. The fourth-order valence-electron chi connectivity index (χ4n) is 3.51. The van der Waals surface area contributed by atoms with Crippen molar-refractivity contribution in [2.24, 2.45) is 0 Å². The van der Waals surface area contributed by atoms with Crippen LogP contribution in [0.25, 0.3) is 5.69 Å². The molecule has 0 unspecified atom stereocenters. The Hall–Kier alpha value is -3.19. The summed E-state index contributed by atoms with van der Waals surface area (Å²) in [6.07, 6.45) is 6.52. The SMILES string of the molecule is O=C(Nc1ccc(CCC(=O)N2CCCC2)cc1)c1cc(-n2cnnc2)ccc1Cl. The number of rotatable bonds is 6. The molecule has 1 N–H and O–H groups in total. The number of halogens is 1. The first-order chi connectivity index (χ1) is 14.6. The van der Waals surface area contributed by atoms with Crippen LogP contribution < -0.4 is 5.32 Å². The molecule has 0 atom stereocenters. The molecular weight excluding hydrogens is 402 g/mol. The minimum absolute atomic E-state index is 0.215. The molecule has 2 aromatic carbocycles. The van der Waals surface area contributed by atoms with E-state index in [0.717, 1.165) is 37.2 Å². The van der Waals surface area contributed by atoms with Crippen molar-refractivity contribution in [3.8, 4) is 5.69 Å². The molecule has 1 fully saturated rings. The summed E-state index contributed by atoms with van der Waals surface area (Å²) in [4.78, 5) is 26.8. The van der Waals surface area contributed by atoms with Crippen molar-refractivity contribution in [3.05, 3.63) is 71.3 Å². The zero-order chi connectivity index (χ0) is 20.9. The van der Waals surface area contributed by atoms with Gasteiger partial charge >= 0.3 is 0 Å². The van der Waals surface area contributed by atoms with Crippen molar-refractivity contribution in [2.75, 3.05) is 18.4 Å². The number of hydrogen-bond acceptors (Lipinski definition) is 4. The van der Waals surface area contributed by atoms with E-state index in [1.807, 2.05) is 29.2 Å². The number of nitrogens with zero attached hydrogens (tertiary/aromatic N) is 4. The van der Waals surface area contributed by atoms with Gasteiger partial charge in [-0.05, 0) is 55.2 Å². The monoisotopic (exact) mass is 423 g/mol. The number of nitrogens with one attached hydrogen (secondary N) is 1. The van der Waals surface area contributed by atoms with Gasteiger partial charge in [0, 0.05) is 30.9 Å². The highest BCUT2D eigenvalue weighted by Gasteiger charge is 2.17. The van der Waals surface area contributed by atoms with Gasteiger partial charge in [-0.15, -0.1) is 10.2 Å². The Morgan fingerprint density at radius 2 is 1.70 bits per heavy atom. The molecule has 0 spiro atoms. The van der Waals surface area contributed by atoms with Gasteiger partial charge in [0.2, 0.25) is 5.91 Å². The third-order valence-corrected chi connectivity index (χ3v) is 5.54. The van der Waals surface area contributed by atoms with E-state index >= 15 is 0 Å². The molecule has 0 aliphatic carbocycles. The van der Waals surface area contributed by atoms with Crippen molar-refractivity contribution in [3.63, 3.8) is 0 Å². The molecule has 0 saturated carbocycles. The average Bonchev–Trinajstić information content (AvgIpc) is 3.47. The third kappa shape index (κ3) is 4.68. The van der Waals surface area contributed by atoms with Gasteiger partial charge < -0.3 is 10.2 Å². The van der Waals surface area contributed by atoms with Crippen LogP contribution in [0.15, 0.2) is 55.1 Å². The van der Waals surface area contributed by atoms with E-state index in [9.17, 15) is 9.59 Å². The second-order valence-electron chi connectivity index (χ2n) is 7.27. The van der Waals surface area contributed by atoms with Crippen molar-refractivity contribution < 1.29 is 9.59 Å². The van der Waals surface area contributed by atoms with Crippen LogP contribution in [0.5, 0.6) is 0 Å². The molecule has 30 heavy (non-hydrogen) atoms. The molecule has 8 heteroatoms. The number of amides is 2. The molecule has 3 aromatic rings. The Morgan fingerprint density at radius 3 is 2.40 bits per heavy atom. The van der Waals surface area contributed by atoms with Gasteiger partial charge in [-0.2, -0.15) is 0 Å². The summed E-state index contributed by atoms with van der Waals surface area (Å²) in [6, 6.07) is 12.7. The highest BCUT2D eigenvalue weighted by molar-refractivity contribution is 6.34. The summed E-state index contributed by atoms with van der Waals surface area (Å²) in [5, 5.41) is 10.8. The number of likely N-dealkylation sites (tertiary alicyclic amines) is 1. The normalized spacial score (nSPS) is 13.4. The van der Waals surface area contributed by atoms with Crippen LogP contribution in [0, 0.1) is 0 Å². The summed E-state index contributed by atoms with van der Waals surface area (Å²) in [6.45, 7) is 1.76. The molecule has 1 aliphatic heterocycles. The van der Waals surface area contributed by atoms with Crippen molar-refractivity contribution in [1.29, 1.82) is 0 Å². The Labute approximate surface area is 179 Å². The van der Waals surface area contributed by atoms with E-state index in [1.165, 1.54) is 0 Å². The standard InChI is InChI=1S/C22H22ClN5O2/c23-20-9-8-18(28-14-24-25-15-28)13-19(20)22(30)26-17-6-3-16(4-7-17)5-10-21(29)27-11-1-2-12-27/h3-4,6-9,13-15H,1-2,5,10-12H2,(H,26,30). The Morgan fingerprint density at radius 1 is 1.00 bits per heavy atom. The minimum atomic E-state index is -0.299. The van der Waals surface area contributed by atoms with Crippen LogP contribution >= 0.6 is 11.6 Å². The predicted octanol–water partition coefficient (Wildman–Crippen LogP) is 3.73. The average molecular weight is 424 g/mol. The fraction of sp³-hybridized carbons (Fsp3) is 0.273. The van der Waals surface area contributed by atoms with Crippen LogP contribution in [-0.2, 0) is 11.2 Å². The van der Waals surface area contributed by atoms with Crippen LogP contribution in [-0.4, -0.2) is 44.6 Å². The van der Waals surface area contributed by atoms with Crippen LogP contribution in [0.4, 0.5) is 5.69 Å². The first-order valence-electron chi connectivity index (χ1n) is 9.93. The summed E-state index contributed by atoms with van der Waals surface area (Å²) in [7, 11) is 0. The predicted molar refractivity (Wildman–Crippen MR) is 115 cm³/mol. The van der Waals surface area contributed by atoms with Crippen molar-refractivity contribution in [2.45, 2.75) is 25.7 Å². The third-order valence-electron chi connectivity index (χ3n) is 5.21. The zero-order valence-corrected chi connectivity index (χ0v) is 17.2. The quantitative estimate of drug-likeness (QED) is 0.655. The number of carbonyl (C=O) groups excluding carboxylic acids is 2. The van der Waals surface area contributed by atoms with Crippen molar-refractivity contribution in [1.82, 2.24) is 19.7 Å². The molecule has 1 aliphatic rings. The van der Waals surface area contributed by atoms with Crippen LogP contribution in [0.3, 0.4) is 0 Å². The number of benzene rings is 2. The molecule has 1 aromatic heterocycles. The van der Waals surface area contributed by atoms with Gasteiger partial charge in [0.05, 0.1) is 10.6 Å². The lowest BCUT2D eigenvalue weighted by molar-refractivity contribution is -0.130. The molecule has 0 radical (unpaired) electrons. The second kappa shape index (κ2) is 9.09. The maximum atomic E-state index is 12.7. The first kappa shape index (κ1) is 20.1. The van der Waals surface area contributed by atoms with E-state index in [0.29, 0.717) is 29.1 Å². The molecule has 0 bridgehead atoms. The summed E-state index contributed by atoms with van der Waals surface area (Å²) >= 11 is 6.23. The Bertz CT molecular complexity index is 1030. The number of anilines is 1. The lowest BCUT2D eigenvalue weighted by Gasteiger charge is -2.15. The summed E-state index contributed by atoms with van der Waals surface area (Å²) in [5.41, 5.74) is 2.84. The molecular formula is C22H22ClN5O2. The maximum Gasteiger partial charge on any atom is 0.257 e. The van der Waals surface area contributed by atoms with Crippen molar-refractivity contribution >= 4 is 29.1 Å². The van der Waals surface area contributed by atoms with Gasteiger partial charge in [0.1, 0.15) is 12.7 Å². The number of carbonyl (C=O) groups is 2. The van der Waals surface area contributed by atoms with E-state index in [4.69, 9.17) is 11.6 Å². The van der Waals surface area contributed by atoms with Gasteiger partial charge in [0.25, 0.3) is 5.91 Å². The lowest BCUT2D eigenvalue weighted by atomic mass is 10.1. The van der Waals surface area contributed by atoms with E-state index in [2.05, 4.69) is 15.5 Å². The summed E-state index contributed by atoms with van der Waals surface area (Å²) < 4.78 is 1.70.